The molecule has 0 atom stereocenters. The Kier molecular flexibility index (Phi) is 5.90. The minimum absolute atomic E-state index is 0.0365. The van der Waals surface area contributed by atoms with Crippen LogP contribution in [0.2, 0.25) is 0 Å². The van der Waals surface area contributed by atoms with Crippen molar-refractivity contribution in [2.45, 2.75) is 18.3 Å². The third-order valence-corrected chi connectivity index (χ3v) is 2.02. The van der Waals surface area contributed by atoms with E-state index in [4.69, 9.17) is 0 Å². The summed E-state index contributed by atoms with van der Waals surface area (Å²) in [6.45, 7) is -2.50. The van der Waals surface area contributed by atoms with Gasteiger partial charge in [-0.1, -0.05) is 8.78 Å². The molecule has 0 rings (SSSR count). The largest absolute Gasteiger partial charge is 0.637 e. The molecule has 0 saturated heterocycles. The van der Waals surface area contributed by atoms with Crippen molar-refractivity contribution in [3.05, 3.63) is 46.9 Å². The maximum Gasteiger partial charge on any atom is 0.637 e. The average molecular weight is 317 g/mol. The topological polar surface area (TPSA) is 182 Å². The van der Waals surface area contributed by atoms with Gasteiger partial charge in [0.1, 0.15) is 19.7 Å². The van der Waals surface area contributed by atoms with Gasteiger partial charge >= 0.3 is 11.8 Å². The molecule has 0 fully saturated rings. The van der Waals surface area contributed by atoms with E-state index in [9.17, 15) is 49.2 Å². The lowest BCUT2D eigenvalue weighted by Crippen LogP contribution is -2.46. The summed E-state index contributed by atoms with van der Waals surface area (Å²) in [5.41, 5.74) is 0. The fourth-order valence-corrected chi connectivity index (χ4v) is 0.916. The van der Waals surface area contributed by atoms with Gasteiger partial charge in [0.25, 0.3) is 0 Å². The second-order valence-corrected chi connectivity index (χ2v) is 3.43. The van der Waals surface area contributed by atoms with Gasteiger partial charge in [0.05, 0.1) is 0 Å². The Labute approximate surface area is 113 Å². The van der Waals surface area contributed by atoms with Gasteiger partial charge in [0, 0.05) is 6.61 Å². The maximum absolute atomic E-state index is 13.2. The zero-order chi connectivity index (χ0) is 16.8. The number of ether oxygens (including phenoxy) is 1. The zero-order valence-electron chi connectivity index (χ0n) is 9.92. The number of rotatable bonds is 10. The molecule has 0 N–H and O–H groups in total. The van der Waals surface area contributed by atoms with E-state index < -0.39 is 51.2 Å². The molecule has 0 unspecified atom stereocenters. The van der Waals surface area contributed by atoms with Crippen molar-refractivity contribution in [2.24, 2.45) is 0 Å². The second kappa shape index (κ2) is 6.73. The van der Waals surface area contributed by atoms with Crippen LogP contribution in [0.1, 0.15) is 6.42 Å². The summed E-state index contributed by atoms with van der Waals surface area (Å²) in [6, 6.07) is 0. The molecule has 119 valence electrons. The second-order valence-electron chi connectivity index (χ2n) is 3.43. The highest BCUT2D eigenvalue weighted by atomic mass is 19.2. The molecule has 0 heterocycles. The molecule has 0 spiro atoms. The van der Waals surface area contributed by atoms with Gasteiger partial charge in [-0.05, 0) is 6.42 Å². The summed E-state index contributed by atoms with van der Waals surface area (Å²) in [5, 5.41) is 40.5. The summed E-state index contributed by atoms with van der Waals surface area (Å²) >= 11 is 0. The Hall–Kier alpha value is -2.58. The van der Waals surface area contributed by atoms with Crippen LogP contribution >= 0.6 is 0 Å². The number of halogens is 2. The van der Waals surface area contributed by atoms with Crippen LogP contribution < -0.4 is 0 Å². The van der Waals surface area contributed by atoms with Gasteiger partial charge in [-0.3, -0.25) is 40.5 Å². The molecule has 0 aromatic rings. The zero-order valence-corrected chi connectivity index (χ0v) is 9.92. The van der Waals surface area contributed by atoms with Crippen molar-refractivity contribution in [3.8, 4) is 0 Å². The fraction of sp³-hybridized carbons (Fsp3) is 0.833. The van der Waals surface area contributed by atoms with Crippen LogP contribution in [0.4, 0.5) is 8.78 Å². The van der Waals surface area contributed by atoms with E-state index in [1.807, 2.05) is 0 Å². The molecular weight excluding hydrogens is 310 g/mol. The van der Waals surface area contributed by atoms with Crippen LogP contribution in [0.5, 0.6) is 0 Å². The van der Waals surface area contributed by atoms with Crippen molar-refractivity contribution < 1.29 is 33.2 Å². The van der Waals surface area contributed by atoms with Crippen LogP contribution in [0.15, 0.2) is 0 Å². The molecule has 1 radical (unpaired) electrons. The molecule has 0 aliphatic rings. The van der Waals surface area contributed by atoms with Crippen LogP contribution in [-0.4, -0.2) is 44.7 Å². The Morgan fingerprint density at radius 3 is 1.67 bits per heavy atom. The van der Waals surface area contributed by atoms with Crippen LogP contribution in [-0.2, 0) is 4.74 Å². The number of hydrogen-bond acceptors (Lipinski definition) is 9. The number of hydrogen-bond donors (Lipinski definition) is 0. The minimum atomic E-state index is -4.14. The SMILES string of the molecule is O=[N+]([O-])C(F)([CH]CCOCC(F)([N+](=O)[O-])[N+](=O)[O-])[N+](=O)[O-]. The number of nitro groups is 4. The molecule has 15 heteroatoms. The van der Waals surface area contributed by atoms with E-state index in [1.165, 1.54) is 0 Å². The molecule has 0 saturated carbocycles. The first kappa shape index (κ1) is 18.4. The first-order valence-corrected chi connectivity index (χ1v) is 4.86. The van der Waals surface area contributed by atoms with Gasteiger partial charge in [0.15, 0.2) is 6.42 Å². The highest BCUT2D eigenvalue weighted by molar-refractivity contribution is 4.74. The van der Waals surface area contributed by atoms with Gasteiger partial charge in [0.2, 0.25) is 6.61 Å². The summed E-state index contributed by atoms with van der Waals surface area (Å²) < 4.78 is 30.5. The summed E-state index contributed by atoms with van der Waals surface area (Å²) in [7, 11) is 0. The van der Waals surface area contributed by atoms with Gasteiger partial charge in [-0.15, -0.1) is 0 Å². The Bertz CT molecular complexity index is 390. The molecule has 13 nitrogen and oxygen atoms in total. The van der Waals surface area contributed by atoms with Crippen LogP contribution in [0, 0.1) is 46.9 Å². The lowest BCUT2D eigenvalue weighted by Gasteiger charge is -2.09. The highest BCUT2D eigenvalue weighted by Gasteiger charge is 2.59. The van der Waals surface area contributed by atoms with Gasteiger partial charge in [-0.2, -0.15) is 0 Å². The van der Waals surface area contributed by atoms with Crippen molar-refractivity contribution in [3.63, 3.8) is 0 Å². The van der Waals surface area contributed by atoms with Gasteiger partial charge in [-0.25, -0.2) is 0 Å². The number of alkyl halides is 2. The molecule has 0 aliphatic heterocycles. The van der Waals surface area contributed by atoms with E-state index in [0.29, 0.717) is 0 Å². The van der Waals surface area contributed by atoms with Gasteiger partial charge < -0.3 is 4.74 Å². The normalized spacial score (nSPS) is 11.9. The van der Waals surface area contributed by atoms with Crippen LogP contribution in [0.25, 0.3) is 0 Å². The fourth-order valence-electron chi connectivity index (χ4n) is 0.916. The molecule has 0 aromatic carbocycles. The smallest absolute Gasteiger partial charge is 0.364 e. The first-order chi connectivity index (χ1) is 9.48. The lowest BCUT2D eigenvalue weighted by molar-refractivity contribution is -0.833. The first-order valence-electron chi connectivity index (χ1n) is 4.86. The average Bonchev–Trinajstić information content (AvgIpc) is 2.36. The third kappa shape index (κ3) is 4.20. The van der Waals surface area contributed by atoms with E-state index >= 15 is 0 Å². The highest BCUT2D eigenvalue weighted by Crippen LogP contribution is 2.19. The van der Waals surface area contributed by atoms with E-state index in [1.54, 1.807) is 0 Å². The van der Waals surface area contributed by atoms with E-state index in [2.05, 4.69) is 4.74 Å². The molecule has 0 amide bonds. The van der Waals surface area contributed by atoms with E-state index in [-0.39, 0.29) is 6.42 Å². The molecule has 0 bridgehead atoms. The molecule has 0 aromatic heterocycles. The van der Waals surface area contributed by atoms with Crippen molar-refractivity contribution >= 4 is 0 Å². The molecular formula is C6H7F2N4O9. The van der Waals surface area contributed by atoms with Crippen molar-refractivity contribution in [2.75, 3.05) is 13.2 Å². The monoisotopic (exact) mass is 317 g/mol. The van der Waals surface area contributed by atoms with E-state index in [0.717, 1.165) is 0 Å². The number of nitrogens with zero attached hydrogens (tertiary/aromatic N) is 4. The quantitative estimate of drug-likeness (QED) is 0.175. The summed E-state index contributed by atoms with van der Waals surface area (Å²) in [6.07, 6.45) is -0.852. The Morgan fingerprint density at radius 2 is 1.33 bits per heavy atom. The lowest BCUT2D eigenvalue weighted by atomic mass is 10.2. The summed E-state index contributed by atoms with van der Waals surface area (Å²) in [4.78, 5) is 33.1. The summed E-state index contributed by atoms with van der Waals surface area (Å²) in [5.74, 6) is -8.25. The molecule has 0 aliphatic carbocycles. The standard InChI is InChI=1S/C6H7F2N4O9/c7-5(9(13)14,10(15)16)2-1-3-21-4-6(8,11(17)18)12(19)20/h2H,1,3-4H2. The Morgan fingerprint density at radius 1 is 0.905 bits per heavy atom. The Balaban J connectivity index is 4.41. The predicted molar refractivity (Wildman–Crippen MR) is 55.4 cm³/mol. The predicted octanol–water partition coefficient (Wildman–Crippen LogP) is -0.0492. The van der Waals surface area contributed by atoms with Crippen LogP contribution in [0.3, 0.4) is 0 Å². The maximum atomic E-state index is 13.2. The van der Waals surface area contributed by atoms with Crippen molar-refractivity contribution in [1.82, 2.24) is 0 Å². The molecule has 21 heavy (non-hydrogen) atoms. The van der Waals surface area contributed by atoms with Crippen molar-refractivity contribution in [1.29, 1.82) is 0 Å². The minimum Gasteiger partial charge on any atom is -0.364 e. The third-order valence-electron chi connectivity index (χ3n) is 2.02.